The number of hydrogen-bond acceptors (Lipinski definition) is 9. The van der Waals surface area contributed by atoms with E-state index in [1.807, 2.05) is 48.5 Å². The van der Waals surface area contributed by atoms with E-state index in [-0.39, 0.29) is 16.6 Å². The summed E-state index contributed by atoms with van der Waals surface area (Å²) in [5, 5.41) is 2.08. The lowest BCUT2D eigenvalue weighted by atomic mass is 10.0. The van der Waals surface area contributed by atoms with Crippen molar-refractivity contribution in [2.45, 2.75) is 182 Å². The van der Waals surface area contributed by atoms with Gasteiger partial charge in [0.15, 0.2) is 34.6 Å². The Balaban J connectivity index is 1.30. The molecule has 0 unspecified atom stereocenters. The molecular formula is C64H82F2N2O4S3. The van der Waals surface area contributed by atoms with Gasteiger partial charge < -0.3 is 18.9 Å². The summed E-state index contributed by atoms with van der Waals surface area (Å²) < 4.78 is 58.9. The van der Waals surface area contributed by atoms with Gasteiger partial charge >= 0.3 is 0 Å². The molecule has 0 saturated carbocycles. The molecule has 3 aromatic carbocycles. The zero-order valence-electron chi connectivity index (χ0n) is 45.4. The van der Waals surface area contributed by atoms with Gasteiger partial charge in [-0.05, 0) is 97.8 Å². The molecule has 75 heavy (non-hydrogen) atoms. The average molecular weight is 1080 g/mol. The van der Waals surface area contributed by atoms with E-state index >= 15 is 8.78 Å². The third-order valence-electron chi connectivity index (χ3n) is 13.8. The minimum Gasteiger partial charge on any atom is -0.490 e. The standard InChI is InChI=1S/C64H82F2N2O4S3/c1-5-9-13-17-21-25-39-69-51-33-31-47(44-53(51)71-41-27-23-19-15-11-7-3)62-63(48-32-34-52(70-40-26-22-18-14-10-6-2)54(45-48)72-42-28-24-20-16-12-8-4)68-64-50(67-62)46-49(65)61(66)60(64)59-38-37-58(75-59)57-36-35-56(74-57)55-30-29-43-73-55/h29-38,43-46H,5-28,39-42H2,1-4H3. The number of aromatic nitrogens is 2. The highest BCUT2D eigenvalue weighted by atomic mass is 32.1. The highest BCUT2D eigenvalue weighted by Gasteiger charge is 2.25. The Hall–Kier alpha value is -4.84. The normalized spacial score (nSPS) is 11.5. The predicted molar refractivity (Wildman–Crippen MR) is 316 cm³/mol. The molecule has 0 radical (unpaired) electrons. The smallest absolute Gasteiger partial charge is 0.169 e. The molecule has 6 nitrogen and oxygen atoms in total. The fourth-order valence-electron chi connectivity index (χ4n) is 9.43. The largest absolute Gasteiger partial charge is 0.490 e. The van der Waals surface area contributed by atoms with Crippen LogP contribution in [-0.2, 0) is 0 Å². The van der Waals surface area contributed by atoms with Gasteiger partial charge in [-0.15, -0.1) is 34.0 Å². The van der Waals surface area contributed by atoms with E-state index in [1.54, 1.807) is 22.7 Å². The van der Waals surface area contributed by atoms with Gasteiger partial charge in [0.2, 0.25) is 0 Å². The third-order valence-corrected chi connectivity index (χ3v) is 17.2. The summed E-state index contributed by atoms with van der Waals surface area (Å²) in [7, 11) is 0. The van der Waals surface area contributed by atoms with Crippen LogP contribution in [0.4, 0.5) is 8.78 Å². The summed E-state index contributed by atoms with van der Waals surface area (Å²) in [5.74, 6) is 0.703. The molecule has 11 heteroatoms. The van der Waals surface area contributed by atoms with E-state index in [2.05, 4.69) is 57.3 Å². The molecule has 0 spiro atoms. The lowest BCUT2D eigenvalue weighted by molar-refractivity contribution is 0.258. The average Bonchev–Trinajstić information content (AvgIpc) is 4.27. The van der Waals surface area contributed by atoms with Crippen LogP contribution in [0, 0.1) is 11.6 Å². The van der Waals surface area contributed by atoms with Crippen molar-refractivity contribution >= 4 is 45.0 Å². The van der Waals surface area contributed by atoms with Crippen LogP contribution in [-0.4, -0.2) is 36.4 Å². The molecule has 0 aliphatic carbocycles. The first-order valence-corrected chi connectivity index (χ1v) is 31.2. The fraction of sp³-hybridized carbons (Fsp3) is 0.500. The first-order chi connectivity index (χ1) is 36.9. The highest BCUT2D eigenvalue weighted by Crippen LogP contribution is 2.45. The Labute approximate surface area is 459 Å². The molecular weight excluding hydrogens is 995 g/mol. The van der Waals surface area contributed by atoms with E-state index in [1.165, 1.54) is 130 Å². The SMILES string of the molecule is CCCCCCCCOc1ccc(-c2nc3cc(F)c(F)c(-c4ccc(-c5ccc(-c6cccs6)s5)s4)c3nc2-c2ccc(OCCCCCCCC)c(OCCCCCCCC)c2)cc1OCCCCCCCC. The molecule has 0 amide bonds. The minimum atomic E-state index is -0.977. The Morgan fingerprint density at radius 3 is 1.25 bits per heavy atom. The van der Waals surface area contributed by atoms with E-state index in [4.69, 9.17) is 28.9 Å². The summed E-state index contributed by atoms with van der Waals surface area (Å²) in [6.07, 6.45) is 27.7. The van der Waals surface area contributed by atoms with Crippen molar-refractivity contribution in [1.82, 2.24) is 9.97 Å². The first-order valence-electron chi connectivity index (χ1n) is 28.7. The summed E-state index contributed by atoms with van der Waals surface area (Å²) in [4.78, 5) is 15.6. The molecule has 4 aromatic heterocycles. The van der Waals surface area contributed by atoms with Crippen molar-refractivity contribution in [2.24, 2.45) is 0 Å². The van der Waals surface area contributed by atoms with E-state index in [0.717, 1.165) is 72.2 Å². The molecule has 0 aliphatic heterocycles. The number of fused-ring (bicyclic) bond motifs is 1. The Bertz CT molecular complexity index is 2750. The molecule has 0 atom stereocenters. The maximum atomic E-state index is 16.6. The summed E-state index contributed by atoms with van der Waals surface area (Å²) >= 11 is 4.82. The number of benzene rings is 3. The quantitative estimate of drug-likeness (QED) is 0.0362. The van der Waals surface area contributed by atoms with Crippen LogP contribution in [0.5, 0.6) is 23.0 Å². The number of hydrogen-bond donors (Lipinski definition) is 0. The summed E-state index contributed by atoms with van der Waals surface area (Å²) in [5.41, 5.74) is 3.11. The van der Waals surface area contributed by atoms with E-state index in [0.29, 0.717) is 65.7 Å². The van der Waals surface area contributed by atoms with Crippen LogP contribution in [0.1, 0.15) is 182 Å². The van der Waals surface area contributed by atoms with Crippen molar-refractivity contribution < 1.29 is 27.7 Å². The molecule has 0 aliphatic rings. The molecule has 0 fully saturated rings. The zero-order chi connectivity index (χ0) is 52.5. The molecule has 4 heterocycles. The first kappa shape index (κ1) is 57.9. The van der Waals surface area contributed by atoms with Gasteiger partial charge in [-0.1, -0.05) is 162 Å². The highest BCUT2D eigenvalue weighted by molar-refractivity contribution is 7.27. The number of unbranched alkanes of at least 4 members (excludes halogenated alkanes) is 20. The van der Waals surface area contributed by atoms with E-state index < -0.39 is 11.6 Å². The Morgan fingerprint density at radius 1 is 0.400 bits per heavy atom. The lowest BCUT2D eigenvalue weighted by Crippen LogP contribution is -2.05. The molecule has 7 aromatic rings. The molecule has 0 bridgehead atoms. The topological polar surface area (TPSA) is 62.7 Å². The van der Waals surface area contributed by atoms with Gasteiger partial charge in [0, 0.05) is 41.6 Å². The van der Waals surface area contributed by atoms with Crippen LogP contribution >= 0.6 is 34.0 Å². The van der Waals surface area contributed by atoms with Gasteiger partial charge in [-0.2, -0.15) is 0 Å². The lowest BCUT2D eigenvalue weighted by Gasteiger charge is -2.18. The van der Waals surface area contributed by atoms with Crippen molar-refractivity contribution in [3.63, 3.8) is 0 Å². The van der Waals surface area contributed by atoms with Crippen LogP contribution in [0.15, 0.2) is 84.2 Å². The Kier molecular flexibility index (Phi) is 24.7. The molecule has 0 N–H and O–H groups in total. The van der Waals surface area contributed by atoms with Crippen molar-refractivity contribution in [1.29, 1.82) is 0 Å². The van der Waals surface area contributed by atoms with Crippen molar-refractivity contribution in [3.05, 3.63) is 95.9 Å². The maximum absolute atomic E-state index is 16.6. The summed E-state index contributed by atoms with van der Waals surface area (Å²) in [6, 6.07) is 25.3. The number of halogens is 2. The second kappa shape index (κ2) is 32.0. The number of rotatable bonds is 37. The zero-order valence-corrected chi connectivity index (χ0v) is 47.8. The number of thiophene rings is 3. The summed E-state index contributed by atoms with van der Waals surface area (Å²) in [6.45, 7) is 11.2. The van der Waals surface area contributed by atoms with Gasteiger partial charge in [0.25, 0.3) is 0 Å². The second-order valence-electron chi connectivity index (χ2n) is 19.9. The molecule has 0 saturated heterocycles. The van der Waals surface area contributed by atoms with Gasteiger partial charge in [-0.25, -0.2) is 18.7 Å². The monoisotopic (exact) mass is 1080 g/mol. The minimum absolute atomic E-state index is 0.0939. The van der Waals surface area contributed by atoms with Crippen molar-refractivity contribution in [2.75, 3.05) is 26.4 Å². The number of ether oxygens (including phenoxy) is 4. The van der Waals surface area contributed by atoms with Crippen molar-refractivity contribution in [3.8, 4) is 75.5 Å². The van der Waals surface area contributed by atoms with Gasteiger partial charge in [-0.3, -0.25) is 0 Å². The van der Waals surface area contributed by atoms with Gasteiger partial charge in [0.1, 0.15) is 5.52 Å². The van der Waals surface area contributed by atoms with Crippen LogP contribution < -0.4 is 18.9 Å². The molecule has 7 rings (SSSR count). The van der Waals surface area contributed by atoms with Crippen LogP contribution in [0.3, 0.4) is 0 Å². The maximum Gasteiger partial charge on any atom is 0.169 e. The fourth-order valence-corrected chi connectivity index (χ4v) is 12.4. The van der Waals surface area contributed by atoms with Crippen LogP contribution in [0.2, 0.25) is 0 Å². The van der Waals surface area contributed by atoms with Crippen LogP contribution in [0.25, 0.3) is 63.5 Å². The van der Waals surface area contributed by atoms with Gasteiger partial charge in [0.05, 0.1) is 48.9 Å². The molecule has 404 valence electrons. The predicted octanol–water partition coefficient (Wildman–Crippen LogP) is 21.4. The second-order valence-corrected chi connectivity index (χ2v) is 23.0. The third kappa shape index (κ3) is 17.3. The van der Waals surface area contributed by atoms with E-state index in [9.17, 15) is 0 Å². The Morgan fingerprint density at radius 2 is 0.800 bits per heavy atom. The number of nitrogens with zero attached hydrogens (tertiary/aromatic N) is 2.